The number of rotatable bonds is 7. The number of para-hydroxylation sites is 1. The number of ether oxygens (including phenoxy) is 2. The Balaban J connectivity index is 1.48. The molecule has 0 atom stereocenters. The van der Waals surface area contributed by atoms with Crippen molar-refractivity contribution in [2.24, 2.45) is 0 Å². The van der Waals surface area contributed by atoms with Crippen LogP contribution in [-0.4, -0.2) is 67.3 Å². The average molecular weight is 473 g/mol. The molecule has 178 valence electrons. The Morgan fingerprint density at radius 2 is 1.61 bits per heavy atom. The zero-order valence-electron chi connectivity index (χ0n) is 17.1. The third kappa shape index (κ3) is 7.31. The molecule has 0 aromatic heterocycles. The molecule has 1 aliphatic rings. The first-order chi connectivity index (χ1) is 15.6. The number of nitrogens with one attached hydrogen (secondary N) is 1. The maximum atomic E-state index is 12.7. The van der Waals surface area contributed by atoms with E-state index in [9.17, 15) is 31.5 Å². The zero-order chi connectivity index (χ0) is 24.0. The van der Waals surface area contributed by atoms with E-state index in [1.54, 1.807) is 11.0 Å². The number of anilines is 1. The van der Waals surface area contributed by atoms with Crippen LogP contribution in [0.4, 0.5) is 27.6 Å². The molecule has 0 radical (unpaired) electrons. The van der Waals surface area contributed by atoms with Gasteiger partial charge in [0, 0.05) is 31.9 Å². The molecule has 12 heteroatoms. The molecule has 1 aliphatic heterocycles. The summed E-state index contributed by atoms with van der Waals surface area (Å²) in [7, 11) is 0. The summed E-state index contributed by atoms with van der Waals surface area (Å²) >= 11 is 0. The number of carbonyl (C=O) groups excluding carboxylic acids is 2. The summed E-state index contributed by atoms with van der Waals surface area (Å²) < 4.78 is 69.9. The molecule has 3 rings (SSSR count). The van der Waals surface area contributed by atoms with Gasteiger partial charge in [-0.25, -0.2) is 0 Å². The average Bonchev–Trinajstić information content (AvgIpc) is 2.74. The molecular weight excluding hydrogens is 453 g/mol. The summed E-state index contributed by atoms with van der Waals surface area (Å²) in [6, 6.07) is 10.5. The van der Waals surface area contributed by atoms with Gasteiger partial charge in [-0.2, -0.15) is 8.78 Å². The van der Waals surface area contributed by atoms with Gasteiger partial charge in [-0.05, 0) is 36.4 Å². The molecule has 0 saturated carbocycles. The van der Waals surface area contributed by atoms with Crippen LogP contribution in [-0.2, 0) is 4.79 Å². The van der Waals surface area contributed by atoms with Gasteiger partial charge in [-0.15, -0.1) is 13.2 Å². The largest absolute Gasteiger partial charge is 0.573 e. The molecule has 0 bridgehead atoms. The lowest BCUT2D eigenvalue weighted by Crippen LogP contribution is -2.50. The Kier molecular flexibility index (Phi) is 7.69. The summed E-state index contributed by atoms with van der Waals surface area (Å²) in [5, 5.41) is 2.58. The fourth-order valence-electron chi connectivity index (χ4n) is 3.27. The summed E-state index contributed by atoms with van der Waals surface area (Å²) in [6.07, 6.45) is -4.80. The lowest BCUT2D eigenvalue weighted by atomic mass is 10.1. The van der Waals surface area contributed by atoms with E-state index >= 15 is 0 Å². The summed E-state index contributed by atoms with van der Waals surface area (Å²) in [4.78, 5) is 28.2. The van der Waals surface area contributed by atoms with E-state index in [1.807, 2.05) is 0 Å². The van der Waals surface area contributed by atoms with Gasteiger partial charge < -0.3 is 19.7 Å². The number of hydrogen-bond acceptors (Lipinski definition) is 5. The van der Waals surface area contributed by atoms with Crippen LogP contribution in [0.25, 0.3) is 0 Å². The third-order valence-electron chi connectivity index (χ3n) is 4.73. The van der Waals surface area contributed by atoms with E-state index in [4.69, 9.17) is 0 Å². The number of nitrogens with zero attached hydrogens (tertiary/aromatic N) is 2. The van der Waals surface area contributed by atoms with Crippen LogP contribution < -0.4 is 14.8 Å². The molecule has 0 spiro atoms. The van der Waals surface area contributed by atoms with E-state index in [0.717, 1.165) is 12.1 Å². The lowest BCUT2D eigenvalue weighted by molar-refractivity contribution is -0.274. The van der Waals surface area contributed by atoms with Crippen LogP contribution in [0.1, 0.15) is 10.4 Å². The maximum Gasteiger partial charge on any atom is 0.573 e. The van der Waals surface area contributed by atoms with Crippen molar-refractivity contribution >= 4 is 17.5 Å². The van der Waals surface area contributed by atoms with E-state index in [0.29, 0.717) is 18.8 Å². The summed E-state index contributed by atoms with van der Waals surface area (Å²) in [5.74, 6) is -1.43. The van der Waals surface area contributed by atoms with Gasteiger partial charge in [-0.1, -0.05) is 12.1 Å². The fourth-order valence-corrected chi connectivity index (χ4v) is 3.27. The van der Waals surface area contributed by atoms with Gasteiger partial charge in [0.2, 0.25) is 5.91 Å². The number of halogens is 5. The molecule has 2 amide bonds. The second-order valence-electron chi connectivity index (χ2n) is 7.06. The van der Waals surface area contributed by atoms with E-state index in [1.165, 1.54) is 35.2 Å². The van der Waals surface area contributed by atoms with Gasteiger partial charge >= 0.3 is 13.0 Å². The van der Waals surface area contributed by atoms with Crippen molar-refractivity contribution < 1.29 is 41.0 Å². The predicted octanol–water partition coefficient (Wildman–Crippen LogP) is 3.58. The van der Waals surface area contributed by atoms with Crippen LogP contribution in [0, 0.1) is 0 Å². The molecule has 33 heavy (non-hydrogen) atoms. The zero-order valence-corrected chi connectivity index (χ0v) is 17.1. The summed E-state index contributed by atoms with van der Waals surface area (Å²) in [5.41, 5.74) is 0.334. The molecule has 2 aromatic rings. The van der Waals surface area contributed by atoms with Gasteiger partial charge in [0.1, 0.15) is 11.5 Å². The van der Waals surface area contributed by atoms with E-state index < -0.39 is 24.6 Å². The smallest absolute Gasteiger partial charge is 0.434 e. The number of alkyl halides is 5. The van der Waals surface area contributed by atoms with Crippen molar-refractivity contribution in [2.75, 3.05) is 38.0 Å². The first-order valence-corrected chi connectivity index (χ1v) is 9.82. The summed E-state index contributed by atoms with van der Waals surface area (Å²) in [6.45, 7) is -1.75. The number of hydrogen-bond donors (Lipinski definition) is 1. The van der Waals surface area contributed by atoms with Crippen LogP contribution in [0.2, 0.25) is 0 Å². The van der Waals surface area contributed by atoms with Crippen LogP contribution in [0.5, 0.6) is 11.5 Å². The van der Waals surface area contributed by atoms with Crippen molar-refractivity contribution in [1.82, 2.24) is 9.80 Å². The second-order valence-corrected chi connectivity index (χ2v) is 7.06. The third-order valence-corrected chi connectivity index (χ3v) is 4.73. The molecule has 1 saturated heterocycles. The van der Waals surface area contributed by atoms with Crippen molar-refractivity contribution in [1.29, 1.82) is 0 Å². The van der Waals surface area contributed by atoms with Crippen LogP contribution >= 0.6 is 0 Å². The topological polar surface area (TPSA) is 71.1 Å². The number of carbonyl (C=O) groups is 2. The number of piperazine rings is 1. The Bertz CT molecular complexity index is 961. The minimum atomic E-state index is -4.80. The van der Waals surface area contributed by atoms with Crippen LogP contribution in [0.3, 0.4) is 0 Å². The van der Waals surface area contributed by atoms with Gasteiger partial charge in [0.05, 0.1) is 12.1 Å². The maximum absolute atomic E-state index is 12.7. The lowest BCUT2D eigenvalue weighted by Gasteiger charge is -2.34. The molecule has 0 aliphatic carbocycles. The second kappa shape index (κ2) is 10.5. The fraction of sp³-hybridized carbons (Fsp3) is 0.333. The molecular formula is C21H20F5N3O4. The van der Waals surface area contributed by atoms with E-state index in [2.05, 4.69) is 14.8 Å². The first kappa shape index (κ1) is 24.2. The molecule has 7 nitrogen and oxygen atoms in total. The normalized spacial score (nSPS) is 14.8. The minimum absolute atomic E-state index is 0.00785. The first-order valence-electron chi connectivity index (χ1n) is 9.82. The van der Waals surface area contributed by atoms with E-state index in [-0.39, 0.29) is 36.9 Å². The quantitative estimate of drug-likeness (QED) is 0.623. The Hall–Kier alpha value is -3.41. The molecule has 1 N–H and O–H groups in total. The highest BCUT2D eigenvalue weighted by atomic mass is 19.4. The molecule has 0 unspecified atom stereocenters. The van der Waals surface area contributed by atoms with Crippen molar-refractivity contribution in [3.05, 3.63) is 54.1 Å². The minimum Gasteiger partial charge on any atom is -0.434 e. The Morgan fingerprint density at radius 1 is 0.970 bits per heavy atom. The van der Waals surface area contributed by atoms with Gasteiger partial charge in [0.15, 0.2) is 0 Å². The number of benzene rings is 2. The van der Waals surface area contributed by atoms with Crippen LogP contribution in [0.15, 0.2) is 48.5 Å². The van der Waals surface area contributed by atoms with Gasteiger partial charge in [0.25, 0.3) is 5.91 Å². The highest BCUT2D eigenvalue weighted by Crippen LogP contribution is 2.24. The molecule has 1 fully saturated rings. The van der Waals surface area contributed by atoms with Crippen molar-refractivity contribution in [2.45, 2.75) is 13.0 Å². The Labute approximate surface area is 185 Å². The Morgan fingerprint density at radius 3 is 2.21 bits per heavy atom. The molecule has 1 heterocycles. The highest BCUT2D eigenvalue weighted by Gasteiger charge is 2.31. The van der Waals surface area contributed by atoms with Crippen molar-refractivity contribution in [3.63, 3.8) is 0 Å². The van der Waals surface area contributed by atoms with Gasteiger partial charge in [-0.3, -0.25) is 14.5 Å². The SMILES string of the molecule is O=C(CN1CCN(C(=O)c2ccccc2OC(F)F)CC1)Nc1ccc(OC(F)(F)F)cc1. The molecule has 2 aromatic carbocycles. The standard InChI is InChI=1S/C21H20F5N3O4/c22-20(23)32-17-4-2-1-3-16(17)19(31)29-11-9-28(10-12-29)13-18(30)27-14-5-7-15(8-6-14)33-21(24,25)26/h1-8,20H,9-13H2,(H,27,30). The monoisotopic (exact) mass is 473 g/mol. The number of amides is 2. The van der Waals surface area contributed by atoms with Crippen molar-refractivity contribution in [3.8, 4) is 11.5 Å². The highest BCUT2D eigenvalue weighted by molar-refractivity contribution is 5.97. The predicted molar refractivity (Wildman–Crippen MR) is 107 cm³/mol.